The number of H-pyrrole nitrogens is 1. The number of halogens is 1. The molecular formula is C22H24FN7O2. The van der Waals surface area contributed by atoms with Crippen LogP contribution in [0.3, 0.4) is 0 Å². The molecule has 0 saturated heterocycles. The number of rotatable bonds is 9. The van der Waals surface area contributed by atoms with Crippen molar-refractivity contribution >= 4 is 40.9 Å². The third-order valence-corrected chi connectivity index (χ3v) is 4.67. The van der Waals surface area contributed by atoms with Crippen molar-refractivity contribution in [1.29, 1.82) is 5.41 Å². The maximum atomic E-state index is 13.3. The fourth-order valence-corrected chi connectivity index (χ4v) is 3.06. The van der Waals surface area contributed by atoms with Gasteiger partial charge in [-0.05, 0) is 50.6 Å². The van der Waals surface area contributed by atoms with E-state index in [1.54, 1.807) is 12.1 Å². The highest BCUT2D eigenvalue weighted by atomic mass is 19.1. The van der Waals surface area contributed by atoms with Gasteiger partial charge in [0, 0.05) is 18.8 Å². The van der Waals surface area contributed by atoms with E-state index >= 15 is 0 Å². The van der Waals surface area contributed by atoms with Gasteiger partial charge < -0.3 is 16.0 Å². The van der Waals surface area contributed by atoms with E-state index in [9.17, 15) is 14.0 Å². The summed E-state index contributed by atoms with van der Waals surface area (Å²) < 4.78 is 13.3. The summed E-state index contributed by atoms with van der Waals surface area (Å²) in [5, 5.41) is 17.0. The molecule has 1 atom stereocenters. The average molecular weight is 437 g/mol. The lowest BCUT2D eigenvalue weighted by atomic mass is 10.1. The van der Waals surface area contributed by atoms with Crippen LogP contribution in [0.25, 0.3) is 10.9 Å². The van der Waals surface area contributed by atoms with E-state index in [2.05, 4.69) is 31.1 Å². The zero-order chi connectivity index (χ0) is 23.1. The van der Waals surface area contributed by atoms with E-state index < -0.39 is 11.4 Å². The van der Waals surface area contributed by atoms with Gasteiger partial charge in [-0.1, -0.05) is 11.6 Å². The van der Waals surface area contributed by atoms with Gasteiger partial charge in [-0.2, -0.15) is 5.10 Å². The van der Waals surface area contributed by atoms with E-state index in [1.165, 1.54) is 18.3 Å². The quantitative estimate of drug-likeness (QED) is 0.259. The Kier molecular flexibility index (Phi) is 7.27. The van der Waals surface area contributed by atoms with E-state index in [0.717, 1.165) is 17.8 Å². The maximum absolute atomic E-state index is 13.3. The lowest BCUT2D eigenvalue weighted by Gasteiger charge is -2.16. The molecule has 0 radical (unpaired) electrons. The Hall–Kier alpha value is -4.08. The summed E-state index contributed by atoms with van der Waals surface area (Å²) >= 11 is 0. The van der Waals surface area contributed by atoms with E-state index in [1.807, 2.05) is 19.9 Å². The van der Waals surface area contributed by atoms with Gasteiger partial charge in [-0.25, -0.2) is 9.37 Å². The summed E-state index contributed by atoms with van der Waals surface area (Å²) in [6.07, 6.45) is 2.88. The second kappa shape index (κ2) is 10.3. The first-order valence-electron chi connectivity index (χ1n) is 10.0. The molecule has 166 valence electrons. The number of nitrogens with zero attached hydrogens (tertiary/aromatic N) is 2. The van der Waals surface area contributed by atoms with Crippen LogP contribution in [0.5, 0.6) is 0 Å². The van der Waals surface area contributed by atoms with Gasteiger partial charge in [0.05, 0.1) is 28.4 Å². The number of carbonyl (C=O) groups excluding carboxylic acids is 1. The fraction of sp³-hybridized carbons (Fsp3) is 0.227. The summed E-state index contributed by atoms with van der Waals surface area (Å²) in [5.41, 5.74) is 4.63. The summed E-state index contributed by atoms with van der Waals surface area (Å²) in [5.74, 6) is -0.474. The fourth-order valence-electron chi connectivity index (χ4n) is 3.06. The molecule has 0 spiro atoms. The Morgan fingerprint density at radius 1 is 1.31 bits per heavy atom. The third-order valence-electron chi connectivity index (χ3n) is 4.67. The van der Waals surface area contributed by atoms with Crippen molar-refractivity contribution in [2.24, 2.45) is 5.10 Å². The number of carbonyl (C=O) groups is 1. The van der Waals surface area contributed by atoms with Crippen molar-refractivity contribution < 1.29 is 9.18 Å². The van der Waals surface area contributed by atoms with Crippen LogP contribution in [-0.2, 0) is 0 Å². The zero-order valence-corrected chi connectivity index (χ0v) is 17.7. The van der Waals surface area contributed by atoms with Gasteiger partial charge in [0.15, 0.2) is 0 Å². The van der Waals surface area contributed by atoms with E-state index in [4.69, 9.17) is 5.41 Å². The van der Waals surface area contributed by atoms with Crippen LogP contribution < -0.4 is 21.6 Å². The van der Waals surface area contributed by atoms with Crippen LogP contribution in [0, 0.1) is 18.2 Å². The molecule has 2 aromatic carbocycles. The number of hydrazone groups is 1. The standard InChI is InChI=1S/C22H24FN7O2/c1-13-3-5-19(30-26-10-8-24)16(11-13)20(31)27-14(2)7-9-25-22-28-18-6-4-15(23)12-17(18)21(32)29-22/h3-6,8,10-12,14,24,30H,7,9H2,1-2H3,(H,27,31)(H2,25,28,29,32)/b24-8?,26-10-. The molecule has 0 aliphatic heterocycles. The molecule has 0 bridgehead atoms. The minimum atomic E-state index is -0.497. The molecular weight excluding hydrogens is 413 g/mol. The molecule has 3 aromatic rings. The first kappa shape index (κ1) is 22.6. The van der Waals surface area contributed by atoms with Crippen molar-refractivity contribution in [3.8, 4) is 0 Å². The Labute approximate surface area is 183 Å². The predicted molar refractivity (Wildman–Crippen MR) is 124 cm³/mol. The molecule has 1 heterocycles. The topological polar surface area (TPSA) is 135 Å². The van der Waals surface area contributed by atoms with Crippen molar-refractivity contribution in [2.75, 3.05) is 17.3 Å². The highest BCUT2D eigenvalue weighted by molar-refractivity contribution is 6.14. The Morgan fingerprint density at radius 3 is 2.91 bits per heavy atom. The van der Waals surface area contributed by atoms with Crippen LogP contribution in [0.2, 0.25) is 0 Å². The molecule has 1 unspecified atom stereocenters. The Morgan fingerprint density at radius 2 is 2.12 bits per heavy atom. The van der Waals surface area contributed by atoms with Crippen molar-refractivity contribution in [3.63, 3.8) is 0 Å². The van der Waals surface area contributed by atoms with Gasteiger partial charge in [-0.3, -0.25) is 20.0 Å². The first-order valence-corrected chi connectivity index (χ1v) is 10.0. The van der Waals surface area contributed by atoms with Crippen molar-refractivity contribution in [2.45, 2.75) is 26.3 Å². The number of nitrogens with one attached hydrogen (secondary N) is 5. The maximum Gasteiger partial charge on any atom is 0.260 e. The summed E-state index contributed by atoms with van der Waals surface area (Å²) in [6.45, 7) is 4.20. The third kappa shape index (κ3) is 5.75. The van der Waals surface area contributed by atoms with Crippen LogP contribution in [0.4, 0.5) is 16.0 Å². The predicted octanol–water partition coefficient (Wildman–Crippen LogP) is 3.04. The molecule has 1 amide bonds. The molecule has 3 rings (SSSR count). The number of aromatic nitrogens is 2. The second-order valence-corrected chi connectivity index (χ2v) is 7.27. The van der Waals surface area contributed by atoms with Crippen LogP contribution >= 0.6 is 0 Å². The number of aromatic amines is 1. The van der Waals surface area contributed by atoms with Crippen molar-refractivity contribution in [3.05, 3.63) is 63.7 Å². The highest BCUT2D eigenvalue weighted by Gasteiger charge is 2.14. The lowest BCUT2D eigenvalue weighted by Crippen LogP contribution is -2.34. The van der Waals surface area contributed by atoms with E-state index in [-0.39, 0.29) is 23.3 Å². The first-order chi connectivity index (χ1) is 15.4. The molecule has 9 nitrogen and oxygen atoms in total. The number of hydrogen-bond donors (Lipinski definition) is 5. The smallest absolute Gasteiger partial charge is 0.260 e. The van der Waals surface area contributed by atoms with Gasteiger partial charge in [-0.15, -0.1) is 0 Å². The van der Waals surface area contributed by atoms with Crippen LogP contribution in [-0.4, -0.2) is 40.9 Å². The molecule has 0 aliphatic carbocycles. The number of hydrogen-bond acceptors (Lipinski definition) is 7. The number of fused-ring (bicyclic) bond motifs is 1. The number of amides is 1. The molecule has 0 saturated carbocycles. The molecule has 0 aliphatic rings. The highest BCUT2D eigenvalue weighted by Crippen LogP contribution is 2.18. The Balaban J connectivity index is 1.59. The van der Waals surface area contributed by atoms with Crippen molar-refractivity contribution in [1.82, 2.24) is 15.3 Å². The second-order valence-electron chi connectivity index (χ2n) is 7.27. The van der Waals surface area contributed by atoms with Crippen LogP contribution in [0.1, 0.15) is 29.3 Å². The number of anilines is 2. The molecule has 10 heteroatoms. The largest absolute Gasteiger partial charge is 0.356 e. The summed E-state index contributed by atoms with van der Waals surface area (Å²) in [4.78, 5) is 31.7. The van der Waals surface area contributed by atoms with Gasteiger partial charge in [0.25, 0.3) is 11.5 Å². The van der Waals surface area contributed by atoms with Gasteiger partial charge in [0.1, 0.15) is 5.82 Å². The monoisotopic (exact) mass is 437 g/mol. The zero-order valence-electron chi connectivity index (χ0n) is 17.7. The molecule has 5 N–H and O–H groups in total. The van der Waals surface area contributed by atoms with E-state index in [0.29, 0.717) is 29.7 Å². The average Bonchev–Trinajstić information content (AvgIpc) is 2.75. The summed E-state index contributed by atoms with van der Waals surface area (Å²) in [7, 11) is 0. The lowest BCUT2D eigenvalue weighted by molar-refractivity contribution is 0.0940. The van der Waals surface area contributed by atoms with Gasteiger partial charge >= 0.3 is 0 Å². The summed E-state index contributed by atoms with van der Waals surface area (Å²) in [6, 6.07) is 9.05. The number of benzene rings is 2. The molecule has 32 heavy (non-hydrogen) atoms. The minimum absolute atomic E-state index is 0.172. The molecule has 0 fully saturated rings. The van der Waals surface area contributed by atoms with Crippen LogP contribution in [0.15, 0.2) is 46.3 Å². The normalized spacial score (nSPS) is 12.0. The molecule has 1 aromatic heterocycles. The Bertz CT molecular complexity index is 1220. The van der Waals surface area contributed by atoms with Gasteiger partial charge in [0.2, 0.25) is 5.95 Å². The number of aryl methyl sites for hydroxylation is 1. The SMILES string of the molecule is Cc1ccc(N/N=C\C=N)c(C(=O)NC(C)CCNc2nc3ccc(F)cc3c(=O)[nH]2)c1. The minimum Gasteiger partial charge on any atom is -0.356 e.